The molecule has 0 unspecified atom stereocenters. The number of allylic oxidation sites excluding steroid dienone is 1. The molecule has 3 heteroatoms. The monoisotopic (exact) mass is 241 g/mol. The van der Waals surface area contributed by atoms with Crippen molar-refractivity contribution in [2.45, 2.75) is 59.3 Å². The van der Waals surface area contributed by atoms with Crippen molar-refractivity contribution >= 4 is 5.97 Å². The van der Waals surface area contributed by atoms with Gasteiger partial charge in [-0.3, -0.25) is 0 Å². The molecule has 0 aromatic heterocycles. The Morgan fingerprint density at radius 3 is 1.94 bits per heavy atom. The summed E-state index contributed by atoms with van der Waals surface area (Å²) < 4.78 is 0. The lowest BCUT2D eigenvalue weighted by atomic mass is 10.2. The molecule has 3 nitrogen and oxygen atoms in total. The standard InChI is InChI=1S/C14H27NO2/c1-4-7-10-13(14(16)17)15(11-8-5-2)12-9-6-3/h10H,4-9,11-12H2,1-3H3,(H,16,17)/b13-10+. The van der Waals surface area contributed by atoms with Gasteiger partial charge in [0.25, 0.3) is 0 Å². The molecule has 0 saturated heterocycles. The fourth-order valence-corrected chi connectivity index (χ4v) is 1.68. The summed E-state index contributed by atoms with van der Waals surface area (Å²) >= 11 is 0. The van der Waals surface area contributed by atoms with E-state index < -0.39 is 5.97 Å². The van der Waals surface area contributed by atoms with Gasteiger partial charge in [-0.1, -0.05) is 46.1 Å². The molecular weight excluding hydrogens is 214 g/mol. The maximum Gasteiger partial charge on any atom is 0.351 e. The van der Waals surface area contributed by atoms with E-state index in [1.54, 1.807) is 0 Å². The summed E-state index contributed by atoms with van der Waals surface area (Å²) in [5, 5.41) is 9.26. The number of carboxylic acid groups (broad SMARTS) is 1. The molecule has 0 heterocycles. The fourth-order valence-electron chi connectivity index (χ4n) is 1.68. The normalized spacial score (nSPS) is 11.6. The third-order valence-corrected chi connectivity index (χ3v) is 2.75. The van der Waals surface area contributed by atoms with Gasteiger partial charge in [-0.15, -0.1) is 0 Å². The van der Waals surface area contributed by atoms with Gasteiger partial charge in [0.2, 0.25) is 0 Å². The Hall–Kier alpha value is -0.990. The Kier molecular flexibility index (Phi) is 9.59. The minimum Gasteiger partial charge on any atom is -0.477 e. The van der Waals surface area contributed by atoms with E-state index in [9.17, 15) is 9.90 Å². The molecule has 17 heavy (non-hydrogen) atoms. The molecule has 0 aliphatic rings. The number of carbonyl (C=O) groups is 1. The second-order valence-electron chi connectivity index (χ2n) is 4.38. The Morgan fingerprint density at radius 1 is 1.06 bits per heavy atom. The summed E-state index contributed by atoms with van der Waals surface area (Å²) in [6, 6.07) is 0. The molecule has 1 N–H and O–H groups in total. The van der Waals surface area contributed by atoms with E-state index in [2.05, 4.69) is 20.8 Å². The molecule has 0 spiro atoms. The molecule has 0 aromatic rings. The molecule has 0 rings (SSSR count). The zero-order valence-corrected chi connectivity index (χ0v) is 11.5. The van der Waals surface area contributed by atoms with Crippen molar-refractivity contribution in [3.63, 3.8) is 0 Å². The van der Waals surface area contributed by atoms with Crippen molar-refractivity contribution < 1.29 is 9.90 Å². The molecule has 0 atom stereocenters. The van der Waals surface area contributed by atoms with Crippen LogP contribution in [-0.4, -0.2) is 29.1 Å². The van der Waals surface area contributed by atoms with Crippen molar-refractivity contribution in [3.05, 3.63) is 11.8 Å². The lowest BCUT2D eigenvalue weighted by molar-refractivity contribution is -0.134. The number of rotatable bonds is 10. The van der Waals surface area contributed by atoms with Gasteiger partial charge in [0.1, 0.15) is 5.70 Å². The van der Waals surface area contributed by atoms with E-state index in [-0.39, 0.29) is 0 Å². The van der Waals surface area contributed by atoms with Gasteiger partial charge < -0.3 is 10.0 Å². The van der Waals surface area contributed by atoms with E-state index in [1.165, 1.54) is 0 Å². The van der Waals surface area contributed by atoms with Crippen molar-refractivity contribution in [2.75, 3.05) is 13.1 Å². The Balaban J connectivity index is 4.60. The molecule has 0 aromatic carbocycles. The Morgan fingerprint density at radius 2 is 1.59 bits per heavy atom. The number of hydrogen-bond acceptors (Lipinski definition) is 2. The summed E-state index contributed by atoms with van der Waals surface area (Å²) in [5.41, 5.74) is 0.494. The SMILES string of the molecule is CCC/C=C(\C(=O)O)N(CCCC)CCCC. The van der Waals surface area contributed by atoms with E-state index in [4.69, 9.17) is 0 Å². The van der Waals surface area contributed by atoms with Crippen LogP contribution in [-0.2, 0) is 4.79 Å². The first-order valence-corrected chi connectivity index (χ1v) is 6.85. The first kappa shape index (κ1) is 16.0. The number of unbranched alkanes of at least 4 members (excludes halogenated alkanes) is 3. The van der Waals surface area contributed by atoms with Crippen LogP contribution in [0.25, 0.3) is 0 Å². The quantitative estimate of drug-likeness (QED) is 0.593. The first-order chi connectivity index (χ1) is 8.17. The summed E-state index contributed by atoms with van der Waals surface area (Å²) in [4.78, 5) is 13.3. The van der Waals surface area contributed by atoms with Gasteiger partial charge >= 0.3 is 5.97 Å². The number of hydrogen-bond donors (Lipinski definition) is 1. The predicted octanol–water partition coefficient (Wildman–Crippen LogP) is 3.66. The van der Waals surface area contributed by atoms with E-state index in [1.807, 2.05) is 11.0 Å². The topological polar surface area (TPSA) is 40.5 Å². The van der Waals surface area contributed by atoms with Crippen LogP contribution in [0, 0.1) is 0 Å². The fraction of sp³-hybridized carbons (Fsp3) is 0.786. The van der Waals surface area contributed by atoms with Gasteiger partial charge in [0.05, 0.1) is 0 Å². The number of nitrogens with zero attached hydrogens (tertiary/aromatic N) is 1. The Bertz CT molecular complexity index is 228. The van der Waals surface area contributed by atoms with E-state index in [0.29, 0.717) is 5.70 Å². The van der Waals surface area contributed by atoms with Crippen LogP contribution >= 0.6 is 0 Å². The molecule has 0 aliphatic carbocycles. The highest BCUT2D eigenvalue weighted by Crippen LogP contribution is 2.10. The first-order valence-electron chi connectivity index (χ1n) is 6.85. The van der Waals surface area contributed by atoms with Gasteiger partial charge in [-0.05, 0) is 19.3 Å². The molecule has 0 aliphatic heterocycles. The minimum absolute atomic E-state index is 0.494. The van der Waals surface area contributed by atoms with Crippen LogP contribution in [0.4, 0.5) is 0 Å². The second-order valence-corrected chi connectivity index (χ2v) is 4.38. The van der Waals surface area contributed by atoms with Crippen molar-refractivity contribution in [3.8, 4) is 0 Å². The highest BCUT2D eigenvalue weighted by Gasteiger charge is 2.15. The van der Waals surface area contributed by atoms with Crippen molar-refractivity contribution in [1.82, 2.24) is 4.90 Å². The van der Waals surface area contributed by atoms with Gasteiger partial charge in [0, 0.05) is 13.1 Å². The molecule has 0 fully saturated rings. The van der Waals surface area contributed by atoms with Crippen molar-refractivity contribution in [2.24, 2.45) is 0 Å². The van der Waals surface area contributed by atoms with Crippen LogP contribution in [0.1, 0.15) is 59.3 Å². The average Bonchev–Trinajstić information content (AvgIpc) is 2.31. The van der Waals surface area contributed by atoms with Crippen LogP contribution in [0.2, 0.25) is 0 Å². The molecule has 0 saturated carbocycles. The van der Waals surface area contributed by atoms with Crippen LogP contribution < -0.4 is 0 Å². The summed E-state index contributed by atoms with van der Waals surface area (Å²) in [6.07, 6.45) is 8.02. The summed E-state index contributed by atoms with van der Waals surface area (Å²) in [6.45, 7) is 8.05. The average molecular weight is 241 g/mol. The molecule has 0 amide bonds. The molecule has 100 valence electrons. The smallest absolute Gasteiger partial charge is 0.351 e. The van der Waals surface area contributed by atoms with Gasteiger partial charge in [-0.25, -0.2) is 4.79 Å². The van der Waals surface area contributed by atoms with Crippen LogP contribution in [0.3, 0.4) is 0 Å². The molecule has 0 radical (unpaired) electrons. The zero-order chi connectivity index (χ0) is 13.1. The summed E-state index contributed by atoms with van der Waals surface area (Å²) in [5.74, 6) is -0.786. The molecule has 0 bridgehead atoms. The van der Waals surface area contributed by atoms with Gasteiger partial charge in [-0.2, -0.15) is 0 Å². The number of carboxylic acids is 1. The highest BCUT2D eigenvalue weighted by atomic mass is 16.4. The van der Waals surface area contributed by atoms with Crippen LogP contribution in [0.5, 0.6) is 0 Å². The molecular formula is C14H27NO2. The minimum atomic E-state index is -0.786. The highest BCUT2D eigenvalue weighted by molar-refractivity contribution is 5.85. The van der Waals surface area contributed by atoms with Crippen molar-refractivity contribution in [1.29, 1.82) is 0 Å². The lowest BCUT2D eigenvalue weighted by Crippen LogP contribution is -2.29. The van der Waals surface area contributed by atoms with Gasteiger partial charge in [0.15, 0.2) is 0 Å². The maximum absolute atomic E-state index is 11.3. The zero-order valence-electron chi connectivity index (χ0n) is 11.5. The van der Waals surface area contributed by atoms with E-state index in [0.717, 1.165) is 51.6 Å². The lowest BCUT2D eigenvalue weighted by Gasteiger charge is -2.25. The number of aliphatic carboxylic acids is 1. The van der Waals surface area contributed by atoms with Crippen LogP contribution in [0.15, 0.2) is 11.8 Å². The predicted molar refractivity (Wildman–Crippen MR) is 72.0 cm³/mol. The maximum atomic E-state index is 11.3. The summed E-state index contributed by atoms with van der Waals surface area (Å²) in [7, 11) is 0. The third kappa shape index (κ3) is 7.03. The van der Waals surface area contributed by atoms with E-state index >= 15 is 0 Å². The largest absolute Gasteiger partial charge is 0.477 e. The third-order valence-electron chi connectivity index (χ3n) is 2.75. The Labute approximate surface area is 106 Å². The second kappa shape index (κ2) is 10.2.